The molecule has 0 spiro atoms. The molecule has 12 heavy (non-hydrogen) atoms. The second kappa shape index (κ2) is 3.69. The van der Waals surface area contributed by atoms with E-state index in [9.17, 15) is 13.2 Å². The highest BCUT2D eigenvalue weighted by molar-refractivity contribution is 7.73. The minimum absolute atomic E-state index is 0.0116. The molecule has 1 atom stereocenters. The molecule has 0 fully saturated rings. The lowest BCUT2D eigenvalue weighted by Gasteiger charge is -2.06. The highest BCUT2D eigenvalue weighted by Gasteiger charge is 2.20. The maximum atomic E-state index is 10.7. The number of rotatable bonds is 1. The van der Waals surface area contributed by atoms with Crippen LogP contribution in [0.4, 0.5) is 0 Å². The van der Waals surface area contributed by atoms with E-state index in [1.807, 2.05) is 0 Å². The quantitative estimate of drug-likeness (QED) is 0.463. The fourth-order valence-electron chi connectivity index (χ4n) is 0.871. The first-order valence-corrected chi connectivity index (χ1v) is 4.58. The van der Waals surface area contributed by atoms with Gasteiger partial charge in [-0.05, 0) is 17.7 Å². The SMILES string of the molecule is O=C(Cl)C1C=CC=CC1=S(=O)=O. The summed E-state index contributed by atoms with van der Waals surface area (Å²) < 4.78 is 21.1. The summed E-state index contributed by atoms with van der Waals surface area (Å²) in [5, 5.41) is -0.685. The molecule has 0 heterocycles. The largest absolute Gasteiger partial charge is 0.280 e. The van der Waals surface area contributed by atoms with Crippen molar-refractivity contribution < 1.29 is 13.2 Å². The molecule has 1 unspecified atom stereocenters. The lowest BCUT2D eigenvalue weighted by molar-refractivity contribution is -0.112. The van der Waals surface area contributed by atoms with Crippen molar-refractivity contribution in [1.82, 2.24) is 0 Å². The highest BCUT2D eigenvalue weighted by atomic mass is 35.5. The molecule has 0 saturated heterocycles. The van der Waals surface area contributed by atoms with Gasteiger partial charge in [0, 0.05) is 0 Å². The van der Waals surface area contributed by atoms with Crippen molar-refractivity contribution in [3.8, 4) is 0 Å². The molecule has 0 radical (unpaired) electrons. The highest BCUT2D eigenvalue weighted by Crippen LogP contribution is 2.11. The average molecular weight is 205 g/mol. The summed E-state index contributed by atoms with van der Waals surface area (Å²) in [6.07, 6.45) is 5.93. The number of hydrogen-bond donors (Lipinski definition) is 0. The molecule has 0 amide bonds. The molecule has 0 aromatic heterocycles. The van der Waals surface area contributed by atoms with Gasteiger partial charge in [0.2, 0.25) is 15.5 Å². The van der Waals surface area contributed by atoms with Crippen molar-refractivity contribution in [1.29, 1.82) is 0 Å². The van der Waals surface area contributed by atoms with Crippen LogP contribution in [0.15, 0.2) is 24.3 Å². The first-order valence-electron chi connectivity index (χ1n) is 3.13. The minimum atomic E-state index is -2.38. The third kappa shape index (κ3) is 1.84. The Labute approximate surface area is 75.9 Å². The molecule has 0 saturated carbocycles. The van der Waals surface area contributed by atoms with Crippen LogP contribution in [0.2, 0.25) is 0 Å². The van der Waals surface area contributed by atoms with Gasteiger partial charge in [0.1, 0.15) is 0 Å². The lowest BCUT2D eigenvalue weighted by atomic mass is 10.0. The van der Waals surface area contributed by atoms with Crippen molar-refractivity contribution in [2.24, 2.45) is 5.92 Å². The number of carbonyl (C=O) groups is 1. The van der Waals surface area contributed by atoms with Crippen LogP contribution in [0.5, 0.6) is 0 Å². The fraction of sp³-hybridized carbons (Fsp3) is 0.143. The van der Waals surface area contributed by atoms with Crippen molar-refractivity contribution in [2.45, 2.75) is 0 Å². The molecule has 5 heteroatoms. The van der Waals surface area contributed by atoms with Crippen LogP contribution in [0.25, 0.3) is 0 Å². The Morgan fingerprint density at radius 1 is 1.42 bits per heavy atom. The van der Waals surface area contributed by atoms with E-state index in [1.54, 1.807) is 12.2 Å². The summed E-state index contributed by atoms with van der Waals surface area (Å²) >= 11 is 5.18. The zero-order valence-electron chi connectivity index (χ0n) is 5.90. The molecule has 0 aromatic rings. The van der Waals surface area contributed by atoms with Crippen molar-refractivity contribution in [3.05, 3.63) is 24.3 Å². The van der Waals surface area contributed by atoms with Gasteiger partial charge in [0.05, 0.1) is 10.8 Å². The Hall–Kier alpha value is -0.870. The molecule has 0 aliphatic heterocycles. The Balaban J connectivity index is 3.19. The van der Waals surface area contributed by atoms with Crippen LogP contribution < -0.4 is 0 Å². The molecule has 0 aromatic carbocycles. The topological polar surface area (TPSA) is 51.2 Å². The van der Waals surface area contributed by atoms with Gasteiger partial charge in [-0.3, -0.25) is 4.79 Å². The first-order chi connectivity index (χ1) is 5.63. The summed E-state index contributed by atoms with van der Waals surface area (Å²) in [7, 11) is -2.38. The van der Waals surface area contributed by atoms with E-state index in [0.29, 0.717) is 0 Å². The third-order valence-electron chi connectivity index (χ3n) is 1.42. The summed E-state index contributed by atoms with van der Waals surface area (Å²) in [4.78, 5) is 10.7. The number of hydrogen-bond acceptors (Lipinski definition) is 3. The third-order valence-corrected chi connectivity index (χ3v) is 2.43. The number of carbonyl (C=O) groups excluding carboxylic acids is 1. The van der Waals surface area contributed by atoms with E-state index >= 15 is 0 Å². The van der Waals surface area contributed by atoms with Crippen molar-refractivity contribution >= 4 is 32.0 Å². The summed E-state index contributed by atoms with van der Waals surface area (Å²) in [5.41, 5.74) is 0. The standard InChI is InChI=1S/C7H5ClO3S/c8-7(9)5-3-1-2-4-6(5)12(10)11/h1-5H. The van der Waals surface area contributed by atoms with Crippen molar-refractivity contribution in [2.75, 3.05) is 0 Å². The Bertz CT molecular complexity index is 381. The van der Waals surface area contributed by atoms with Gasteiger partial charge in [-0.2, -0.15) is 8.42 Å². The van der Waals surface area contributed by atoms with Crippen LogP contribution in [0.3, 0.4) is 0 Å². The average Bonchev–Trinajstić information content (AvgIpc) is 2.04. The van der Waals surface area contributed by atoms with Crippen LogP contribution in [-0.2, 0) is 15.1 Å². The summed E-state index contributed by atoms with van der Waals surface area (Å²) in [5.74, 6) is -0.824. The second-order valence-electron chi connectivity index (χ2n) is 2.16. The van der Waals surface area contributed by atoms with Crippen LogP contribution in [0, 0.1) is 5.92 Å². The smallest absolute Gasteiger partial charge is 0.233 e. The molecule has 0 bridgehead atoms. The van der Waals surface area contributed by atoms with Crippen LogP contribution in [-0.4, -0.2) is 18.5 Å². The number of allylic oxidation sites excluding steroid dienone is 4. The molecule has 64 valence electrons. The molecule has 1 rings (SSSR count). The van der Waals surface area contributed by atoms with Crippen molar-refractivity contribution in [3.63, 3.8) is 0 Å². The van der Waals surface area contributed by atoms with Gasteiger partial charge in [0.25, 0.3) is 0 Å². The maximum Gasteiger partial charge on any atom is 0.233 e. The van der Waals surface area contributed by atoms with E-state index < -0.39 is 21.5 Å². The van der Waals surface area contributed by atoms with E-state index in [2.05, 4.69) is 0 Å². The maximum absolute atomic E-state index is 10.7. The molecule has 0 N–H and O–H groups in total. The van der Waals surface area contributed by atoms with E-state index in [4.69, 9.17) is 11.6 Å². The Kier molecular flexibility index (Phi) is 2.83. The number of halogens is 1. The van der Waals surface area contributed by atoms with E-state index in [-0.39, 0.29) is 4.86 Å². The molecule has 1 aliphatic rings. The summed E-state index contributed by atoms with van der Waals surface area (Å²) in [6, 6.07) is 0. The molecular formula is C7H5ClO3S. The predicted molar refractivity (Wildman–Crippen MR) is 46.6 cm³/mol. The summed E-state index contributed by atoms with van der Waals surface area (Å²) in [6.45, 7) is 0. The minimum Gasteiger partial charge on any atom is -0.280 e. The normalized spacial score (nSPS) is 21.1. The van der Waals surface area contributed by atoms with Gasteiger partial charge < -0.3 is 0 Å². The van der Waals surface area contributed by atoms with Gasteiger partial charge in [-0.15, -0.1) is 0 Å². The monoisotopic (exact) mass is 204 g/mol. The van der Waals surface area contributed by atoms with E-state index in [1.165, 1.54) is 12.2 Å². The first kappa shape index (κ1) is 9.22. The molecule has 1 aliphatic carbocycles. The second-order valence-corrected chi connectivity index (χ2v) is 3.48. The Morgan fingerprint density at radius 2 is 2.08 bits per heavy atom. The van der Waals surface area contributed by atoms with Crippen LogP contribution in [0.1, 0.15) is 0 Å². The zero-order valence-corrected chi connectivity index (χ0v) is 7.47. The van der Waals surface area contributed by atoms with Gasteiger partial charge >= 0.3 is 0 Å². The molecule has 3 nitrogen and oxygen atoms in total. The van der Waals surface area contributed by atoms with Crippen LogP contribution >= 0.6 is 11.6 Å². The van der Waals surface area contributed by atoms with Gasteiger partial charge in [-0.25, -0.2) is 0 Å². The van der Waals surface area contributed by atoms with Gasteiger partial charge in [-0.1, -0.05) is 18.2 Å². The van der Waals surface area contributed by atoms with Gasteiger partial charge in [0.15, 0.2) is 0 Å². The Morgan fingerprint density at radius 3 is 2.50 bits per heavy atom. The fourth-order valence-corrected chi connectivity index (χ4v) is 1.71. The lowest BCUT2D eigenvalue weighted by Crippen LogP contribution is -2.18. The van der Waals surface area contributed by atoms with E-state index in [0.717, 1.165) is 0 Å². The zero-order chi connectivity index (χ0) is 9.14. The molecular weight excluding hydrogens is 200 g/mol. The predicted octanol–water partition coefficient (Wildman–Crippen LogP) is 0.546.